The Balaban J connectivity index is 1.54. The van der Waals surface area contributed by atoms with Crippen molar-refractivity contribution in [2.24, 2.45) is 0 Å². The molecule has 1 aliphatic rings. The first-order valence-electron chi connectivity index (χ1n) is 13.3. The second-order valence-corrected chi connectivity index (χ2v) is 11.2. The lowest BCUT2D eigenvalue weighted by Gasteiger charge is -2.32. The third-order valence-corrected chi connectivity index (χ3v) is 7.93. The lowest BCUT2D eigenvalue weighted by atomic mass is 10.0. The highest BCUT2D eigenvalue weighted by molar-refractivity contribution is 7.99. The number of carbonyl (C=O) groups excluding carboxylic acids is 2. The van der Waals surface area contributed by atoms with Gasteiger partial charge in [-0.1, -0.05) is 103 Å². The largest absolute Gasteiger partial charge is 0.352 e. The van der Waals surface area contributed by atoms with Crippen molar-refractivity contribution in [3.8, 4) is 0 Å². The van der Waals surface area contributed by atoms with E-state index in [1.165, 1.54) is 16.7 Å². The van der Waals surface area contributed by atoms with Crippen molar-refractivity contribution in [2.45, 2.75) is 70.3 Å². The summed E-state index contributed by atoms with van der Waals surface area (Å²) in [7, 11) is 0. The van der Waals surface area contributed by atoms with Gasteiger partial charge in [0.05, 0.1) is 5.75 Å². The van der Waals surface area contributed by atoms with Crippen LogP contribution in [0, 0.1) is 13.8 Å². The molecule has 1 N–H and O–H groups in total. The van der Waals surface area contributed by atoms with Gasteiger partial charge in [0.15, 0.2) is 0 Å². The van der Waals surface area contributed by atoms with E-state index in [1.807, 2.05) is 60.7 Å². The maximum absolute atomic E-state index is 13.8. The molecule has 4 nitrogen and oxygen atoms in total. The van der Waals surface area contributed by atoms with Gasteiger partial charge in [-0.05, 0) is 43.4 Å². The molecule has 1 fully saturated rings. The molecule has 37 heavy (non-hydrogen) atoms. The molecule has 0 aliphatic heterocycles. The second-order valence-electron chi connectivity index (χ2n) is 10.2. The molecule has 0 spiro atoms. The summed E-state index contributed by atoms with van der Waals surface area (Å²) in [5, 5.41) is 3.28. The Hall–Kier alpha value is -3.05. The molecule has 1 saturated carbocycles. The SMILES string of the molecule is Cc1cc(C)cc(CSCC(=O)N(Cc2ccccc2)C(Cc2ccccc2)C(=O)NC2CCCC2)c1. The molecule has 0 heterocycles. The van der Waals surface area contributed by atoms with E-state index in [0.29, 0.717) is 18.7 Å². The molecule has 2 amide bonds. The first-order chi connectivity index (χ1) is 18.0. The summed E-state index contributed by atoms with van der Waals surface area (Å²) in [6.07, 6.45) is 4.83. The first-order valence-corrected chi connectivity index (χ1v) is 14.5. The van der Waals surface area contributed by atoms with Crippen LogP contribution in [0.2, 0.25) is 0 Å². The summed E-state index contributed by atoms with van der Waals surface area (Å²) in [4.78, 5) is 29.3. The van der Waals surface area contributed by atoms with Crippen molar-refractivity contribution in [1.82, 2.24) is 10.2 Å². The molecule has 0 saturated heterocycles. The van der Waals surface area contributed by atoms with Crippen molar-refractivity contribution in [2.75, 3.05) is 5.75 Å². The third-order valence-electron chi connectivity index (χ3n) is 6.94. The number of nitrogens with one attached hydrogen (secondary N) is 1. The second kappa shape index (κ2) is 13.5. The Morgan fingerprint density at radius 2 is 1.46 bits per heavy atom. The van der Waals surface area contributed by atoms with Crippen LogP contribution >= 0.6 is 11.8 Å². The molecule has 3 aromatic rings. The maximum atomic E-state index is 13.8. The number of hydrogen-bond donors (Lipinski definition) is 1. The quantitative estimate of drug-likeness (QED) is 0.330. The molecule has 1 atom stereocenters. The average molecular weight is 515 g/mol. The summed E-state index contributed by atoms with van der Waals surface area (Å²) >= 11 is 1.62. The Morgan fingerprint density at radius 3 is 2.08 bits per heavy atom. The van der Waals surface area contributed by atoms with Crippen LogP contribution in [-0.2, 0) is 28.3 Å². The summed E-state index contributed by atoms with van der Waals surface area (Å²) in [5.74, 6) is 1.06. The van der Waals surface area contributed by atoms with Crippen LogP contribution < -0.4 is 5.32 Å². The van der Waals surface area contributed by atoms with Gasteiger partial charge in [0.25, 0.3) is 0 Å². The Morgan fingerprint density at radius 1 is 0.865 bits per heavy atom. The predicted octanol–water partition coefficient (Wildman–Crippen LogP) is 6.24. The molecule has 3 aromatic carbocycles. The van der Waals surface area contributed by atoms with Crippen molar-refractivity contribution >= 4 is 23.6 Å². The molecule has 0 bridgehead atoms. The van der Waals surface area contributed by atoms with Gasteiger partial charge in [0.1, 0.15) is 6.04 Å². The fourth-order valence-electron chi connectivity index (χ4n) is 5.19. The van der Waals surface area contributed by atoms with E-state index in [9.17, 15) is 9.59 Å². The van der Waals surface area contributed by atoms with Crippen LogP contribution in [0.5, 0.6) is 0 Å². The Kier molecular flexibility index (Phi) is 9.84. The minimum atomic E-state index is -0.558. The number of rotatable bonds is 11. The Bertz CT molecular complexity index is 1140. The smallest absolute Gasteiger partial charge is 0.243 e. The number of nitrogens with zero attached hydrogens (tertiary/aromatic N) is 1. The normalized spacial score (nSPS) is 14.3. The van der Waals surface area contributed by atoms with E-state index in [0.717, 1.165) is 42.6 Å². The number of benzene rings is 3. The van der Waals surface area contributed by atoms with Gasteiger partial charge in [-0.25, -0.2) is 0 Å². The molecule has 0 radical (unpaired) electrons. The molecular formula is C32H38N2O2S. The molecule has 194 valence electrons. The number of amides is 2. The number of aryl methyl sites for hydroxylation is 2. The highest BCUT2D eigenvalue weighted by Crippen LogP contribution is 2.22. The molecular weight excluding hydrogens is 476 g/mol. The van der Waals surface area contributed by atoms with Crippen LogP contribution in [0.3, 0.4) is 0 Å². The Labute approximate surface area is 225 Å². The number of hydrogen-bond acceptors (Lipinski definition) is 3. The molecule has 0 aromatic heterocycles. The zero-order chi connectivity index (χ0) is 26.0. The van der Waals surface area contributed by atoms with Crippen LogP contribution in [0.15, 0.2) is 78.9 Å². The van der Waals surface area contributed by atoms with Gasteiger partial charge in [-0.15, -0.1) is 11.8 Å². The van der Waals surface area contributed by atoms with Gasteiger partial charge in [0, 0.05) is 24.8 Å². The molecule has 1 aliphatic carbocycles. The average Bonchev–Trinajstić information content (AvgIpc) is 3.40. The minimum absolute atomic E-state index is 0.000677. The topological polar surface area (TPSA) is 49.4 Å². The van der Waals surface area contributed by atoms with E-state index in [4.69, 9.17) is 0 Å². The first kappa shape index (κ1) is 27.0. The van der Waals surface area contributed by atoms with Crippen LogP contribution in [-0.4, -0.2) is 34.6 Å². The lowest BCUT2D eigenvalue weighted by Crippen LogP contribution is -2.52. The summed E-state index contributed by atoms with van der Waals surface area (Å²) < 4.78 is 0. The lowest BCUT2D eigenvalue weighted by molar-refractivity contribution is -0.139. The maximum Gasteiger partial charge on any atom is 0.243 e. The van der Waals surface area contributed by atoms with Crippen molar-refractivity contribution < 1.29 is 9.59 Å². The van der Waals surface area contributed by atoms with Gasteiger partial charge in [-0.2, -0.15) is 0 Å². The van der Waals surface area contributed by atoms with Crippen molar-refractivity contribution in [3.05, 3.63) is 107 Å². The van der Waals surface area contributed by atoms with Crippen LogP contribution in [0.4, 0.5) is 0 Å². The van der Waals surface area contributed by atoms with Gasteiger partial charge in [0.2, 0.25) is 11.8 Å². The number of carbonyl (C=O) groups is 2. The van der Waals surface area contributed by atoms with E-state index in [-0.39, 0.29) is 17.9 Å². The molecule has 5 heteroatoms. The zero-order valence-electron chi connectivity index (χ0n) is 22.0. The standard InChI is InChI=1S/C32H38N2O2S/c1-24-17-25(2)19-28(18-24)22-37-23-31(35)34(21-27-13-7-4-8-14-27)30(20-26-11-5-3-6-12-26)32(36)33-29-15-9-10-16-29/h3-8,11-14,17-19,29-30H,9-10,15-16,20-23H2,1-2H3,(H,33,36). The van der Waals surface area contributed by atoms with Gasteiger partial charge >= 0.3 is 0 Å². The third kappa shape index (κ3) is 8.22. The van der Waals surface area contributed by atoms with Crippen LogP contribution in [0.1, 0.15) is 53.5 Å². The van der Waals surface area contributed by atoms with E-state index >= 15 is 0 Å². The van der Waals surface area contributed by atoms with Crippen LogP contribution in [0.25, 0.3) is 0 Å². The minimum Gasteiger partial charge on any atom is -0.352 e. The molecule has 4 rings (SSSR count). The van der Waals surface area contributed by atoms with Gasteiger partial charge in [-0.3, -0.25) is 9.59 Å². The highest BCUT2D eigenvalue weighted by Gasteiger charge is 2.32. The fourth-order valence-corrected chi connectivity index (χ4v) is 6.04. The monoisotopic (exact) mass is 514 g/mol. The summed E-state index contributed by atoms with van der Waals surface area (Å²) in [5.41, 5.74) is 5.78. The predicted molar refractivity (Wildman–Crippen MR) is 153 cm³/mol. The number of thioether (sulfide) groups is 1. The van der Waals surface area contributed by atoms with Gasteiger partial charge < -0.3 is 10.2 Å². The fraction of sp³-hybridized carbons (Fsp3) is 0.375. The van der Waals surface area contributed by atoms with E-state index < -0.39 is 6.04 Å². The van der Waals surface area contributed by atoms with E-state index in [2.05, 4.69) is 37.4 Å². The van der Waals surface area contributed by atoms with E-state index in [1.54, 1.807) is 16.7 Å². The summed E-state index contributed by atoms with van der Waals surface area (Å²) in [6, 6.07) is 26.2. The summed E-state index contributed by atoms with van der Waals surface area (Å²) in [6.45, 7) is 4.62. The highest BCUT2D eigenvalue weighted by atomic mass is 32.2. The van der Waals surface area contributed by atoms with Crippen molar-refractivity contribution in [1.29, 1.82) is 0 Å². The van der Waals surface area contributed by atoms with Crippen molar-refractivity contribution in [3.63, 3.8) is 0 Å². The molecule has 1 unspecified atom stereocenters. The zero-order valence-corrected chi connectivity index (χ0v) is 22.8.